The summed E-state index contributed by atoms with van der Waals surface area (Å²) in [5, 5.41) is 0. The molecule has 53 valence electrons. The molecule has 0 aliphatic heterocycles. The summed E-state index contributed by atoms with van der Waals surface area (Å²) in [5.41, 5.74) is 0.0787. The third kappa shape index (κ3) is 3.29. The molecule has 0 N–H and O–H groups in total. The molecule has 0 amide bonds. The standard InChI is InChI=1S/C6H13O2Si/c1-6(8-5-7)9(2,3)4/h6H,1-4H3. The van der Waals surface area contributed by atoms with Crippen molar-refractivity contribution in [1.82, 2.24) is 0 Å². The Morgan fingerprint density at radius 1 is 1.44 bits per heavy atom. The summed E-state index contributed by atoms with van der Waals surface area (Å²) in [5.74, 6) is 0. The molecule has 0 aliphatic carbocycles. The molecule has 0 aromatic rings. The maximum absolute atomic E-state index is 9.74. The highest BCUT2D eigenvalue weighted by Crippen LogP contribution is 2.08. The predicted molar refractivity (Wildman–Crippen MR) is 39.6 cm³/mol. The highest BCUT2D eigenvalue weighted by atomic mass is 28.3. The fourth-order valence-corrected chi connectivity index (χ4v) is 0.651. The lowest BCUT2D eigenvalue weighted by Gasteiger charge is -2.21. The van der Waals surface area contributed by atoms with Crippen molar-refractivity contribution in [3.8, 4) is 0 Å². The number of hydrogen-bond donors (Lipinski definition) is 0. The monoisotopic (exact) mass is 145 g/mol. The fraction of sp³-hybridized carbons (Fsp3) is 0.833. The minimum atomic E-state index is -1.27. The zero-order valence-electron chi connectivity index (χ0n) is 6.39. The van der Waals surface area contributed by atoms with Crippen molar-refractivity contribution in [3.05, 3.63) is 0 Å². The topological polar surface area (TPSA) is 26.3 Å². The zero-order chi connectivity index (χ0) is 7.49. The number of rotatable bonds is 3. The van der Waals surface area contributed by atoms with Crippen LogP contribution in [0.2, 0.25) is 19.6 Å². The van der Waals surface area contributed by atoms with Crippen molar-refractivity contribution in [2.75, 3.05) is 0 Å². The SMILES string of the molecule is CC(O[C]=O)[Si](C)(C)C. The summed E-state index contributed by atoms with van der Waals surface area (Å²) < 4.78 is 4.66. The van der Waals surface area contributed by atoms with Crippen LogP contribution in [0.1, 0.15) is 6.92 Å². The van der Waals surface area contributed by atoms with Crippen LogP contribution in [0.3, 0.4) is 0 Å². The molecule has 2 nitrogen and oxygen atoms in total. The van der Waals surface area contributed by atoms with Crippen LogP contribution < -0.4 is 0 Å². The van der Waals surface area contributed by atoms with Crippen LogP contribution in [0.25, 0.3) is 0 Å². The van der Waals surface area contributed by atoms with Gasteiger partial charge in [-0.3, -0.25) is 0 Å². The van der Waals surface area contributed by atoms with E-state index in [1.54, 1.807) is 0 Å². The van der Waals surface area contributed by atoms with Gasteiger partial charge in [-0.1, -0.05) is 19.6 Å². The van der Waals surface area contributed by atoms with Gasteiger partial charge in [-0.15, -0.1) is 0 Å². The Morgan fingerprint density at radius 2 is 1.89 bits per heavy atom. The number of carbonyl (C=O) groups excluding carboxylic acids is 1. The van der Waals surface area contributed by atoms with Crippen molar-refractivity contribution in [1.29, 1.82) is 0 Å². The van der Waals surface area contributed by atoms with Crippen LogP contribution in [-0.4, -0.2) is 20.3 Å². The van der Waals surface area contributed by atoms with Crippen molar-refractivity contribution in [3.63, 3.8) is 0 Å². The third-order valence-electron chi connectivity index (χ3n) is 1.44. The van der Waals surface area contributed by atoms with Gasteiger partial charge < -0.3 is 4.74 Å². The largest absolute Gasteiger partial charge is 0.458 e. The van der Waals surface area contributed by atoms with E-state index in [4.69, 9.17) is 0 Å². The molecule has 0 fully saturated rings. The Kier molecular flexibility index (Phi) is 2.90. The van der Waals surface area contributed by atoms with Crippen molar-refractivity contribution < 1.29 is 9.53 Å². The minimum absolute atomic E-state index is 0.0787. The maximum Gasteiger partial charge on any atom is 0.417 e. The van der Waals surface area contributed by atoms with Crippen molar-refractivity contribution in [2.24, 2.45) is 0 Å². The summed E-state index contributed by atoms with van der Waals surface area (Å²) in [6, 6.07) is 0. The van der Waals surface area contributed by atoms with Gasteiger partial charge in [0.1, 0.15) is 0 Å². The van der Waals surface area contributed by atoms with E-state index in [2.05, 4.69) is 24.4 Å². The smallest absolute Gasteiger partial charge is 0.417 e. The average Bonchev–Trinajstić information content (AvgIpc) is 1.64. The van der Waals surface area contributed by atoms with Crippen LogP contribution >= 0.6 is 0 Å². The molecule has 0 heterocycles. The zero-order valence-corrected chi connectivity index (χ0v) is 7.39. The van der Waals surface area contributed by atoms with Gasteiger partial charge in [0, 0.05) is 0 Å². The molecule has 0 spiro atoms. The Hall–Kier alpha value is -0.313. The normalized spacial score (nSPS) is 14.7. The molecule has 0 bridgehead atoms. The average molecular weight is 145 g/mol. The van der Waals surface area contributed by atoms with Gasteiger partial charge in [0.15, 0.2) is 0 Å². The van der Waals surface area contributed by atoms with E-state index in [1.165, 1.54) is 6.47 Å². The van der Waals surface area contributed by atoms with Gasteiger partial charge in [-0.05, 0) is 6.92 Å². The van der Waals surface area contributed by atoms with Crippen LogP contribution in [-0.2, 0) is 9.53 Å². The van der Waals surface area contributed by atoms with E-state index in [1.807, 2.05) is 6.92 Å². The van der Waals surface area contributed by atoms with E-state index < -0.39 is 8.07 Å². The molecule has 0 saturated heterocycles. The summed E-state index contributed by atoms with van der Waals surface area (Å²) in [4.78, 5) is 9.74. The van der Waals surface area contributed by atoms with Gasteiger partial charge in [-0.25, -0.2) is 4.79 Å². The van der Waals surface area contributed by atoms with Gasteiger partial charge in [-0.2, -0.15) is 0 Å². The van der Waals surface area contributed by atoms with Crippen LogP contribution in [0.5, 0.6) is 0 Å². The van der Waals surface area contributed by atoms with Gasteiger partial charge in [0.2, 0.25) is 0 Å². The first kappa shape index (κ1) is 8.69. The summed E-state index contributed by atoms with van der Waals surface area (Å²) >= 11 is 0. The number of hydrogen-bond acceptors (Lipinski definition) is 2. The molecule has 3 heteroatoms. The quantitative estimate of drug-likeness (QED) is 0.560. The highest BCUT2D eigenvalue weighted by molar-refractivity contribution is 6.77. The summed E-state index contributed by atoms with van der Waals surface area (Å²) in [7, 11) is -1.27. The fourth-order valence-electron chi connectivity index (χ4n) is 0.249. The Balaban J connectivity index is 3.72. The second-order valence-corrected chi connectivity index (χ2v) is 8.75. The molecule has 0 aromatic carbocycles. The Morgan fingerprint density at radius 3 is 2.00 bits per heavy atom. The summed E-state index contributed by atoms with van der Waals surface area (Å²) in [6.07, 6.45) is 0. The van der Waals surface area contributed by atoms with E-state index in [0.717, 1.165) is 0 Å². The van der Waals surface area contributed by atoms with Crippen LogP contribution in [0, 0.1) is 0 Å². The lowest BCUT2D eigenvalue weighted by molar-refractivity contribution is 0.253. The second-order valence-electron chi connectivity index (χ2n) is 3.21. The van der Waals surface area contributed by atoms with Gasteiger partial charge in [0.05, 0.1) is 13.8 Å². The highest BCUT2D eigenvalue weighted by Gasteiger charge is 2.23. The molecule has 1 radical (unpaired) electrons. The summed E-state index contributed by atoms with van der Waals surface area (Å²) in [6.45, 7) is 9.82. The van der Waals surface area contributed by atoms with E-state index >= 15 is 0 Å². The number of ether oxygens (including phenoxy) is 1. The molecular formula is C6H13O2Si. The first-order valence-electron chi connectivity index (χ1n) is 3.01. The maximum atomic E-state index is 9.74. The molecule has 0 rings (SSSR count). The second kappa shape index (κ2) is 3.01. The third-order valence-corrected chi connectivity index (χ3v) is 4.00. The van der Waals surface area contributed by atoms with Crippen molar-refractivity contribution in [2.45, 2.75) is 32.3 Å². The lowest BCUT2D eigenvalue weighted by atomic mass is 10.8. The molecule has 1 unspecified atom stereocenters. The van der Waals surface area contributed by atoms with E-state index in [9.17, 15) is 4.79 Å². The lowest BCUT2D eigenvalue weighted by Crippen LogP contribution is -2.37. The minimum Gasteiger partial charge on any atom is -0.458 e. The molecule has 1 atom stereocenters. The molecule has 0 aliphatic rings. The molecular weight excluding hydrogens is 132 g/mol. The van der Waals surface area contributed by atoms with Crippen LogP contribution in [0.4, 0.5) is 0 Å². The molecule has 0 aromatic heterocycles. The van der Waals surface area contributed by atoms with Crippen LogP contribution in [0.15, 0.2) is 0 Å². The van der Waals surface area contributed by atoms with E-state index in [-0.39, 0.29) is 5.73 Å². The van der Waals surface area contributed by atoms with Gasteiger partial charge >= 0.3 is 6.47 Å². The van der Waals surface area contributed by atoms with Gasteiger partial charge in [0.25, 0.3) is 0 Å². The Labute approximate surface area is 57.2 Å². The first-order valence-corrected chi connectivity index (χ1v) is 6.59. The molecule has 0 saturated carbocycles. The Bertz CT molecular complexity index is 95.7. The predicted octanol–water partition coefficient (Wildman–Crippen LogP) is 1.34. The first-order chi connectivity index (χ1) is 3.98. The van der Waals surface area contributed by atoms with E-state index in [0.29, 0.717) is 0 Å². The molecule has 9 heavy (non-hydrogen) atoms. The van der Waals surface area contributed by atoms with Crippen molar-refractivity contribution >= 4 is 14.5 Å².